The van der Waals surface area contributed by atoms with E-state index in [1.165, 1.54) is 42.4 Å². The van der Waals surface area contributed by atoms with Crippen LogP contribution in [0.4, 0.5) is 4.79 Å². The van der Waals surface area contributed by atoms with Crippen LogP contribution in [0, 0.1) is 0 Å². The Morgan fingerprint density at radius 3 is 2.45 bits per heavy atom. The molecule has 0 radical (unpaired) electrons. The summed E-state index contributed by atoms with van der Waals surface area (Å²) >= 11 is 0. The number of nitrogens with zero attached hydrogens (tertiary/aromatic N) is 1. The van der Waals surface area contributed by atoms with E-state index in [0.29, 0.717) is 30.5 Å². The Balaban J connectivity index is 3.07. The number of esters is 1. The van der Waals surface area contributed by atoms with E-state index < -0.39 is 12.1 Å². The summed E-state index contributed by atoms with van der Waals surface area (Å²) in [5.74, 6) is -0.278. The van der Waals surface area contributed by atoms with Gasteiger partial charge in [-0.2, -0.15) is 0 Å². The first-order valence-electron chi connectivity index (χ1n) is 6.87. The van der Waals surface area contributed by atoms with Gasteiger partial charge in [-0.15, -0.1) is 0 Å². The molecule has 6 nitrogen and oxygen atoms in total. The molecule has 0 saturated heterocycles. The van der Waals surface area contributed by atoms with Crippen molar-refractivity contribution in [1.82, 2.24) is 4.90 Å². The van der Waals surface area contributed by atoms with Crippen LogP contribution in [0.25, 0.3) is 6.08 Å². The lowest BCUT2D eigenvalue weighted by Crippen LogP contribution is -2.33. The predicted molar refractivity (Wildman–Crippen MR) is 81.8 cm³/mol. The van der Waals surface area contributed by atoms with Gasteiger partial charge >= 0.3 is 12.1 Å². The molecule has 22 heavy (non-hydrogen) atoms. The molecule has 0 unspecified atom stereocenters. The Kier molecular flexibility index (Phi) is 6.82. The smallest absolute Gasteiger partial charge is 0.415 e. The summed E-state index contributed by atoms with van der Waals surface area (Å²) in [6, 6.07) is 4.58. The minimum absolute atomic E-state index is 0.266. The fourth-order valence-corrected chi connectivity index (χ4v) is 1.73. The van der Waals surface area contributed by atoms with Gasteiger partial charge in [0.2, 0.25) is 0 Å². The monoisotopic (exact) mass is 305 g/mol. The molecule has 1 rings (SSSR count). The maximum Gasteiger partial charge on any atom is 0.415 e. The number of methoxy groups -OCH3 is 1. The number of amides is 1. The van der Waals surface area contributed by atoms with Crippen LogP contribution in [0.15, 0.2) is 24.3 Å². The fourth-order valence-electron chi connectivity index (χ4n) is 1.73. The molecule has 0 aliphatic carbocycles. The van der Waals surface area contributed by atoms with Gasteiger partial charge in [0.05, 0.1) is 7.11 Å². The Bertz CT molecular complexity index is 576. The van der Waals surface area contributed by atoms with Gasteiger partial charge in [0, 0.05) is 30.3 Å². The normalized spacial score (nSPS) is 10.3. The van der Waals surface area contributed by atoms with Crippen molar-refractivity contribution in [3.63, 3.8) is 0 Å². The molecule has 0 N–H and O–H groups in total. The molecular formula is C16H19NO5. The van der Waals surface area contributed by atoms with Crippen molar-refractivity contribution in [1.29, 1.82) is 0 Å². The van der Waals surface area contributed by atoms with Gasteiger partial charge in [0.15, 0.2) is 0 Å². The molecule has 0 heterocycles. The van der Waals surface area contributed by atoms with Crippen LogP contribution in [0.1, 0.15) is 29.8 Å². The number of benzene rings is 1. The fraction of sp³-hybridized carbons (Fsp3) is 0.312. The molecule has 0 fully saturated rings. The topological polar surface area (TPSA) is 72.9 Å². The molecule has 0 aliphatic rings. The average molecular weight is 305 g/mol. The van der Waals surface area contributed by atoms with E-state index in [2.05, 4.69) is 4.74 Å². The van der Waals surface area contributed by atoms with E-state index in [9.17, 15) is 14.4 Å². The highest BCUT2D eigenvalue weighted by molar-refractivity contribution is 5.88. The van der Waals surface area contributed by atoms with Crippen LogP contribution in [0.2, 0.25) is 0 Å². The molecule has 1 aromatic carbocycles. The highest BCUT2D eigenvalue weighted by Gasteiger charge is 2.14. The van der Waals surface area contributed by atoms with E-state index >= 15 is 0 Å². The number of aldehydes is 1. The van der Waals surface area contributed by atoms with Crippen molar-refractivity contribution in [3.8, 4) is 5.75 Å². The predicted octanol–water partition coefficient (Wildman–Crippen LogP) is 2.53. The Morgan fingerprint density at radius 1 is 1.23 bits per heavy atom. The molecule has 118 valence electrons. The standard InChI is InChI=1S/C16H19NO5/c1-4-17(5-2)16(20)22-14-8-6-12(11-18)10-13(14)7-9-15(19)21-3/h6-11H,4-5H2,1-3H3/b9-7+. The number of hydrogen-bond acceptors (Lipinski definition) is 5. The number of rotatable bonds is 6. The van der Waals surface area contributed by atoms with Crippen LogP contribution in [0.5, 0.6) is 5.75 Å². The molecule has 0 aromatic heterocycles. The molecule has 0 spiro atoms. The van der Waals surface area contributed by atoms with E-state index in [-0.39, 0.29) is 5.75 Å². The summed E-state index contributed by atoms with van der Waals surface area (Å²) in [5, 5.41) is 0. The van der Waals surface area contributed by atoms with Crippen LogP contribution >= 0.6 is 0 Å². The maximum absolute atomic E-state index is 12.0. The van der Waals surface area contributed by atoms with Crippen molar-refractivity contribution in [2.75, 3.05) is 20.2 Å². The van der Waals surface area contributed by atoms with E-state index in [1.807, 2.05) is 13.8 Å². The molecule has 1 aromatic rings. The van der Waals surface area contributed by atoms with Crippen LogP contribution in [-0.4, -0.2) is 43.4 Å². The van der Waals surface area contributed by atoms with Crippen LogP contribution in [0.3, 0.4) is 0 Å². The molecule has 0 aliphatic heterocycles. The Morgan fingerprint density at radius 2 is 1.91 bits per heavy atom. The highest BCUT2D eigenvalue weighted by Crippen LogP contribution is 2.22. The van der Waals surface area contributed by atoms with Crippen molar-refractivity contribution in [3.05, 3.63) is 35.4 Å². The van der Waals surface area contributed by atoms with Gasteiger partial charge in [0.1, 0.15) is 12.0 Å². The van der Waals surface area contributed by atoms with Gasteiger partial charge in [-0.3, -0.25) is 4.79 Å². The number of hydrogen-bond donors (Lipinski definition) is 0. The lowest BCUT2D eigenvalue weighted by molar-refractivity contribution is -0.134. The molecule has 0 bridgehead atoms. The Hall–Kier alpha value is -2.63. The Labute approximate surface area is 129 Å². The average Bonchev–Trinajstić information content (AvgIpc) is 2.54. The highest BCUT2D eigenvalue weighted by atomic mass is 16.6. The van der Waals surface area contributed by atoms with Crippen molar-refractivity contribution >= 4 is 24.4 Å². The zero-order valence-corrected chi connectivity index (χ0v) is 12.9. The van der Waals surface area contributed by atoms with Gasteiger partial charge in [0.25, 0.3) is 0 Å². The van der Waals surface area contributed by atoms with E-state index in [1.54, 1.807) is 0 Å². The first-order chi connectivity index (χ1) is 10.5. The minimum Gasteiger partial charge on any atom is -0.466 e. The summed E-state index contributed by atoms with van der Waals surface area (Å²) < 4.78 is 9.83. The lowest BCUT2D eigenvalue weighted by Gasteiger charge is -2.18. The summed E-state index contributed by atoms with van der Waals surface area (Å²) in [7, 11) is 1.26. The van der Waals surface area contributed by atoms with Crippen molar-refractivity contribution < 1.29 is 23.9 Å². The molecule has 0 atom stereocenters. The van der Waals surface area contributed by atoms with Crippen molar-refractivity contribution in [2.45, 2.75) is 13.8 Å². The molecular weight excluding hydrogens is 286 g/mol. The van der Waals surface area contributed by atoms with Crippen LogP contribution < -0.4 is 4.74 Å². The van der Waals surface area contributed by atoms with E-state index in [0.717, 1.165) is 0 Å². The first-order valence-corrected chi connectivity index (χ1v) is 6.87. The zero-order valence-electron chi connectivity index (χ0n) is 12.9. The summed E-state index contributed by atoms with van der Waals surface area (Å²) in [4.78, 5) is 35.5. The second kappa shape index (κ2) is 8.61. The second-order valence-electron chi connectivity index (χ2n) is 4.31. The van der Waals surface area contributed by atoms with Crippen LogP contribution in [-0.2, 0) is 9.53 Å². The third-order valence-electron chi connectivity index (χ3n) is 2.99. The zero-order chi connectivity index (χ0) is 16.5. The molecule has 0 saturated carbocycles. The van der Waals surface area contributed by atoms with Gasteiger partial charge < -0.3 is 14.4 Å². The number of carbonyl (C=O) groups excluding carboxylic acids is 3. The third-order valence-corrected chi connectivity index (χ3v) is 2.99. The lowest BCUT2D eigenvalue weighted by atomic mass is 10.1. The maximum atomic E-state index is 12.0. The number of ether oxygens (including phenoxy) is 2. The second-order valence-corrected chi connectivity index (χ2v) is 4.31. The van der Waals surface area contributed by atoms with Gasteiger partial charge in [-0.1, -0.05) is 0 Å². The molecule has 1 amide bonds. The molecule has 6 heteroatoms. The number of carbonyl (C=O) groups is 3. The summed E-state index contributed by atoms with van der Waals surface area (Å²) in [6.45, 7) is 4.74. The van der Waals surface area contributed by atoms with Crippen molar-refractivity contribution in [2.24, 2.45) is 0 Å². The van der Waals surface area contributed by atoms with Gasteiger partial charge in [-0.25, -0.2) is 9.59 Å². The van der Waals surface area contributed by atoms with E-state index in [4.69, 9.17) is 4.74 Å². The van der Waals surface area contributed by atoms with Gasteiger partial charge in [-0.05, 0) is 38.1 Å². The first kappa shape index (κ1) is 17.4. The quantitative estimate of drug-likeness (QED) is 0.459. The third kappa shape index (κ3) is 4.73. The SMILES string of the molecule is CCN(CC)C(=O)Oc1ccc(C=O)cc1/C=C/C(=O)OC. The largest absolute Gasteiger partial charge is 0.466 e. The summed E-state index contributed by atoms with van der Waals surface area (Å²) in [6.07, 6.45) is 2.81. The summed E-state index contributed by atoms with van der Waals surface area (Å²) in [5.41, 5.74) is 0.850. The minimum atomic E-state index is -0.544.